The second-order valence-corrected chi connectivity index (χ2v) is 7.03. The highest BCUT2D eigenvalue weighted by atomic mass is 35.5. The van der Waals surface area contributed by atoms with Gasteiger partial charge in [-0.15, -0.1) is 10.2 Å². The number of nitriles is 1. The Morgan fingerprint density at radius 2 is 2.21 bits per heavy atom. The van der Waals surface area contributed by atoms with Crippen LogP contribution in [0.4, 0.5) is 10.8 Å². The Balaban J connectivity index is 1.93. The number of nitro benzene ring substituents is 1. The van der Waals surface area contributed by atoms with Gasteiger partial charge in [-0.2, -0.15) is 5.26 Å². The molecule has 3 aromatic rings. The lowest BCUT2D eigenvalue weighted by atomic mass is 10.2. The molecule has 3 rings (SSSR count). The molecule has 1 N–H and O–H groups in total. The third-order valence-corrected chi connectivity index (χ3v) is 4.64. The fraction of sp³-hybridized carbons (Fsp3) is 0.0588. The molecule has 2 aromatic heterocycles. The van der Waals surface area contributed by atoms with E-state index in [-0.39, 0.29) is 21.4 Å². The minimum atomic E-state index is -0.624. The number of amides is 1. The van der Waals surface area contributed by atoms with Crippen molar-refractivity contribution in [3.63, 3.8) is 0 Å². The summed E-state index contributed by atoms with van der Waals surface area (Å²) in [5.74, 6) is -0.624. The summed E-state index contributed by atoms with van der Waals surface area (Å²) >= 11 is 7.36. The Morgan fingerprint density at radius 3 is 2.82 bits per heavy atom. The second-order valence-electron chi connectivity index (χ2n) is 5.45. The van der Waals surface area contributed by atoms with Gasteiger partial charge in [0.1, 0.15) is 16.6 Å². The van der Waals surface area contributed by atoms with Gasteiger partial charge in [0.15, 0.2) is 0 Å². The van der Waals surface area contributed by atoms with Gasteiger partial charge in [-0.05, 0) is 31.2 Å². The molecule has 9 nitrogen and oxygen atoms in total. The average molecular weight is 415 g/mol. The highest BCUT2D eigenvalue weighted by Gasteiger charge is 2.15. The smallest absolute Gasteiger partial charge is 0.271 e. The van der Waals surface area contributed by atoms with Crippen molar-refractivity contribution in [2.45, 2.75) is 6.92 Å². The highest BCUT2D eigenvalue weighted by molar-refractivity contribution is 7.15. The average Bonchev–Trinajstić information content (AvgIpc) is 3.28. The number of non-ortho nitro benzene ring substituents is 1. The fourth-order valence-corrected chi connectivity index (χ4v) is 3.20. The first-order chi connectivity index (χ1) is 13.4. The molecule has 0 bridgehead atoms. The van der Waals surface area contributed by atoms with Crippen LogP contribution < -0.4 is 5.32 Å². The highest BCUT2D eigenvalue weighted by Crippen LogP contribution is 2.27. The Labute approximate surface area is 167 Å². The minimum absolute atomic E-state index is 0.137. The Hall–Kier alpha value is -3.55. The molecule has 1 amide bonds. The van der Waals surface area contributed by atoms with E-state index >= 15 is 0 Å². The Kier molecular flexibility index (Phi) is 5.49. The molecule has 0 aliphatic heterocycles. The number of halogens is 1. The number of aromatic nitrogens is 3. The van der Waals surface area contributed by atoms with Crippen LogP contribution in [0.15, 0.2) is 42.1 Å². The first-order valence-electron chi connectivity index (χ1n) is 7.74. The molecule has 0 spiro atoms. The summed E-state index contributed by atoms with van der Waals surface area (Å²) in [6.45, 7) is 1.75. The van der Waals surface area contributed by atoms with Crippen molar-refractivity contribution in [1.29, 1.82) is 5.26 Å². The first-order valence-corrected chi connectivity index (χ1v) is 8.93. The summed E-state index contributed by atoms with van der Waals surface area (Å²) in [5.41, 5.74) is 0.685. The van der Waals surface area contributed by atoms with Crippen molar-refractivity contribution in [2.75, 3.05) is 5.32 Å². The zero-order valence-electron chi connectivity index (χ0n) is 14.3. The number of hydrogen-bond acceptors (Lipinski definition) is 7. The fourth-order valence-electron chi connectivity index (χ4n) is 2.34. The molecule has 140 valence electrons. The van der Waals surface area contributed by atoms with Gasteiger partial charge in [-0.3, -0.25) is 20.2 Å². The molecule has 28 heavy (non-hydrogen) atoms. The van der Waals surface area contributed by atoms with E-state index in [9.17, 15) is 20.2 Å². The van der Waals surface area contributed by atoms with Crippen LogP contribution in [0.25, 0.3) is 11.8 Å². The summed E-state index contributed by atoms with van der Waals surface area (Å²) in [6.07, 6.45) is 3.06. The minimum Gasteiger partial charge on any atom is -0.316 e. The second kappa shape index (κ2) is 7.99. The summed E-state index contributed by atoms with van der Waals surface area (Å²) in [4.78, 5) is 22.7. The van der Waals surface area contributed by atoms with Crippen LogP contribution in [0.1, 0.15) is 10.7 Å². The molecule has 0 aliphatic rings. The van der Waals surface area contributed by atoms with Gasteiger partial charge in [-0.25, -0.2) is 0 Å². The summed E-state index contributed by atoms with van der Waals surface area (Å²) in [7, 11) is 0. The topological polar surface area (TPSA) is 127 Å². The van der Waals surface area contributed by atoms with Crippen molar-refractivity contribution < 1.29 is 9.72 Å². The molecule has 11 heteroatoms. The van der Waals surface area contributed by atoms with Gasteiger partial charge in [0.25, 0.3) is 11.6 Å². The van der Waals surface area contributed by atoms with Crippen LogP contribution in [0.3, 0.4) is 0 Å². The maximum atomic E-state index is 12.3. The molecule has 0 fully saturated rings. The number of carbonyl (C=O) groups excluding carboxylic acids is 1. The number of hydrogen-bond donors (Lipinski definition) is 1. The number of benzene rings is 1. The van der Waals surface area contributed by atoms with E-state index in [0.29, 0.717) is 16.4 Å². The molecule has 0 unspecified atom stereocenters. The molecule has 0 saturated heterocycles. The normalized spacial score (nSPS) is 11.1. The van der Waals surface area contributed by atoms with Gasteiger partial charge < -0.3 is 4.57 Å². The third kappa shape index (κ3) is 4.06. The zero-order chi connectivity index (χ0) is 20.3. The number of nitrogens with zero attached hydrogens (tertiary/aromatic N) is 5. The maximum Gasteiger partial charge on any atom is 0.271 e. The number of rotatable bonds is 5. The number of nitro groups is 1. The summed E-state index contributed by atoms with van der Waals surface area (Å²) in [5, 5.41) is 31.5. The van der Waals surface area contributed by atoms with E-state index < -0.39 is 10.8 Å². The van der Waals surface area contributed by atoms with E-state index in [0.717, 1.165) is 0 Å². The van der Waals surface area contributed by atoms with Crippen molar-refractivity contribution >= 4 is 45.7 Å². The predicted molar refractivity (Wildman–Crippen MR) is 104 cm³/mol. The molecule has 0 aliphatic carbocycles. The van der Waals surface area contributed by atoms with E-state index in [1.54, 1.807) is 29.8 Å². The molecule has 0 saturated carbocycles. The molecular weight excluding hydrogens is 404 g/mol. The quantitative estimate of drug-likeness (QED) is 0.293. The molecule has 0 atom stereocenters. The van der Waals surface area contributed by atoms with Crippen LogP contribution in [0, 0.1) is 28.4 Å². The largest absolute Gasteiger partial charge is 0.316 e. The van der Waals surface area contributed by atoms with Crippen LogP contribution in [-0.2, 0) is 4.79 Å². The van der Waals surface area contributed by atoms with Gasteiger partial charge in [0.05, 0.1) is 15.6 Å². The van der Waals surface area contributed by atoms with Gasteiger partial charge in [0.2, 0.25) is 5.13 Å². The summed E-state index contributed by atoms with van der Waals surface area (Å²) < 4.78 is 1.62. The number of anilines is 1. The van der Waals surface area contributed by atoms with E-state index in [1.165, 1.54) is 35.6 Å². The van der Waals surface area contributed by atoms with E-state index in [2.05, 4.69) is 15.5 Å². The lowest BCUT2D eigenvalue weighted by Crippen LogP contribution is -2.13. The third-order valence-electron chi connectivity index (χ3n) is 3.59. The number of nitrogens with one attached hydrogen (secondary N) is 1. The van der Waals surface area contributed by atoms with Crippen LogP contribution in [0.2, 0.25) is 5.02 Å². The van der Waals surface area contributed by atoms with E-state index in [1.807, 2.05) is 6.07 Å². The van der Waals surface area contributed by atoms with Crippen molar-refractivity contribution in [2.24, 2.45) is 0 Å². The number of aryl methyl sites for hydroxylation is 1. The lowest BCUT2D eigenvalue weighted by molar-refractivity contribution is -0.384. The molecule has 0 radical (unpaired) electrons. The number of carbonyl (C=O) groups is 1. The van der Waals surface area contributed by atoms with Crippen molar-refractivity contribution in [3.8, 4) is 11.8 Å². The maximum absolute atomic E-state index is 12.3. The monoisotopic (exact) mass is 414 g/mol. The van der Waals surface area contributed by atoms with Gasteiger partial charge in [-0.1, -0.05) is 22.9 Å². The van der Waals surface area contributed by atoms with Gasteiger partial charge >= 0.3 is 0 Å². The van der Waals surface area contributed by atoms with Crippen LogP contribution >= 0.6 is 22.9 Å². The molecule has 2 heterocycles. The molecule has 1 aromatic carbocycles. The Bertz CT molecular complexity index is 1140. The standard InChI is InChI=1S/C17H11ClN6O3S/c1-10-21-22-17(28-10)20-16(25)11(9-19)7-12-3-2-6-23(12)15-5-4-13(24(26)27)8-14(15)18/h2-8H,1H3,(H,20,22,25). The lowest BCUT2D eigenvalue weighted by Gasteiger charge is -2.09. The zero-order valence-corrected chi connectivity index (χ0v) is 15.9. The molecular formula is C17H11ClN6O3S. The van der Waals surface area contributed by atoms with Gasteiger partial charge in [0, 0.05) is 24.0 Å². The predicted octanol–water partition coefficient (Wildman–Crippen LogP) is 3.74. The van der Waals surface area contributed by atoms with Crippen molar-refractivity contribution in [1.82, 2.24) is 14.8 Å². The van der Waals surface area contributed by atoms with E-state index in [4.69, 9.17) is 11.6 Å². The Morgan fingerprint density at radius 1 is 1.43 bits per heavy atom. The van der Waals surface area contributed by atoms with Crippen LogP contribution in [0.5, 0.6) is 0 Å². The van der Waals surface area contributed by atoms with Crippen molar-refractivity contribution in [3.05, 3.63) is 67.9 Å². The van der Waals surface area contributed by atoms with Crippen LogP contribution in [-0.4, -0.2) is 25.6 Å². The first kappa shape index (κ1) is 19.2. The SMILES string of the molecule is Cc1nnc(NC(=O)C(C#N)=Cc2cccn2-c2ccc([N+](=O)[O-])cc2Cl)s1. The summed E-state index contributed by atoms with van der Waals surface area (Å²) in [6, 6.07) is 9.29.